The van der Waals surface area contributed by atoms with Crippen LogP contribution in [0, 0.1) is 24.7 Å². The zero-order valence-corrected chi connectivity index (χ0v) is 8.54. The lowest BCUT2D eigenvalue weighted by atomic mass is 9.98. The van der Waals surface area contributed by atoms with Crippen molar-refractivity contribution in [3.05, 3.63) is 0 Å². The molecule has 1 aliphatic rings. The first-order valence-corrected chi connectivity index (χ1v) is 4.94. The normalized spacial score (nSPS) is 15.9. The molecule has 0 spiro atoms. The second kappa shape index (κ2) is 10.1. The molecule has 0 saturated heterocycles. The molecule has 0 unspecified atom stereocenters. The van der Waals surface area contributed by atoms with E-state index in [1.165, 1.54) is 19.3 Å². The molecule has 1 rings (SSSR count). The highest BCUT2D eigenvalue weighted by atomic mass is 16.5. The molecule has 14 heavy (non-hydrogen) atoms. The van der Waals surface area contributed by atoms with Crippen LogP contribution in [0.15, 0.2) is 0 Å². The summed E-state index contributed by atoms with van der Waals surface area (Å²) in [5.41, 5.74) is 0. The van der Waals surface area contributed by atoms with Gasteiger partial charge in [0, 0.05) is 0 Å². The van der Waals surface area contributed by atoms with E-state index in [1.807, 2.05) is 0 Å². The van der Waals surface area contributed by atoms with E-state index in [-0.39, 0.29) is 6.10 Å². The summed E-state index contributed by atoms with van der Waals surface area (Å²) in [4.78, 5) is 0. The molecule has 1 saturated carbocycles. The third kappa shape index (κ3) is 9.13. The fourth-order valence-electron chi connectivity index (χ4n) is 1.25. The molecule has 0 aromatic carbocycles. The SMILES string of the molecule is C#CCOCC#C.OC1CCCCC1. The van der Waals surface area contributed by atoms with Crippen molar-refractivity contribution in [1.29, 1.82) is 0 Å². The minimum Gasteiger partial charge on any atom is -0.393 e. The van der Waals surface area contributed by atoms with E-state index in [0.29, 0.717) is 13.2 Å². The molecule has 1 fully saturated rings. The molecular weight excluding hydrogens is 176 g/mol. The summed E-state index contributed by atoms with van der Waals surface area (Å²) in [5.74, 6) is 4.57. The Labute approximate surface area is 86.7 Å². The van der Waals surface area contributed by atoms with Crippen LogP contribution in [0.3, 0.4) is 0 Å². The molecule has 0 atom stereocenters. The van der Waals surface area contributed by atoms with Gasteiger partial charge in [0.1, 0.15) is 13.2 Å². The number of hydrogen-bond donors (Lipinski definition) is 1. The van der Waals surface area contributed by atoms with Gasteiger partial charge in [-0.25, -0.2) is 0 Å². The maximum absolute atomic E-state index is 8.91. The topological polar surface area (TPSA) is 29.5 Å². The molecule has 0 radical (unpaired) electrons. The maximum Gasteiger partial charge on any atom is 0.108 e. The van der Waals surface area contributed by atoms with Crippen molar-refractivity contribution in [1.82, 2.24) is 0 Å². The van der Waals surface area contributed by atoms with Gasteiger partial charge in [0.05, 0.1) is 6.10 Å². The number of aliphatic hydroxyl groups is 1. The molecule has 0 aromatic rings. The van der Waals surface area contributed by atoms with E-state index in [1.54, 1.807) is 0 Å². The summed E-state index contributed by atoms with van der Waals surface area (Å²) in [6.07, 6.45) is 15.6. The van der Waals surface area contributed by atoms with Gasteiger partial charge in [0.2, 0.25) is 0 Å². The van der Waals surface area contributed by atoms with Gasteiger partial charge in [-0.15, -0.1) is 12.8 Å². The van der Waals surface area contributed by atoms with Gasteiger partial charge >= 0.3 is 0 Å². The molecule has 0 aromatic heterocycles. The van der Waals surface area contributed by atoms with Crippen molar-refractivity contribution in [2.24, 2.45) is 0 Å². The second-order valence-corrected chi connectivity index (χ2v) is 3.19. The third-order valence-electron chi connectivity index (χ3n) is 1.95. The highest BCUT2D eigenvalue weighted by molar-refractivity contribution is 4.87. The first kappa shape index (κ1) is 13.0. The molecule has 0 amide bonds. The van der Waals surface area contributed by atoms with Crippen LogP contribution in [-0.4, -0.2) is 24.4 Å². The van der Waals surface area contributed by atoms with E-state index in [9.17, 15) is 0 Å². The molecule has 0 aliphatic heterocycles. The van der Waals surface area contributed by atoms with Gasteiger partial charge in [-0.1, -0.05) is 31.1 Å². The molecule has 2 heteroatoms. The maximum atomic E-state index is 8.91. The van der Waals surface area contributed by atoms with Crippen LogP contribution in [0.25, 0.3) is 0 Å². The van der Waals surface area contributed by atoms with Gasteiger partial charge < -0.3 is 9.84 Å². The van der Waals surface area contributed by atoms with Crippen molar-refractivity contribution < 1.29 is 9.84 Å². The summed E-state index contributed by atoms with van der Waals surface area (Å²) in [5, 5.41) is 8.91. The van der Waals surface area contributed by atoms with Gasteiger partial charge in [0.25, 0.3) is 0 Å². The first-order valence-electron chi connectivity index (χ1n) is 4.94. The van der Waals surface area contributed by atoms with Gasteiger partial charge in [0.15, 0.2) is 0 Å². The van der Waals surface area contributed by atoms with Crippen LogP contribution in [0.4, 0.5) is 0 Å². The quantitative estimate of drug-likeness (QED) is 0.534. The summed E-state index contributed by atoms with van der Waals surface area (Å²) >= 11 is 0. The third-order valence-corrected chi connectivity index (χ3v) is 1.95. The van der Waals surface area contributed by atoms with Crippen LogP contribution >= 0.6 is 0 Å². The first-order chi connectivity index (χ1) is 6.81. The molecule has 0 heterocycles. The van der Waals surface area contributed by atoms with Crippen molar-refractivity contribution >= 4 is 0 Å². The zero-order valence-electron chi connectivity index (χ0n) is 8.54. The Morgan fingerprint density at radius 3 is 1.86 bits per heavy atom. The highest BCUT2D eigenvalue weighted by Crippen LogP contribution is 2.16. The molecule has 2 nitrogen and oxygen atoms in total. The molecular formula is C12H18O2. The predicted molar refractivity (Wildman–Crippen MR) is 57.6 cm³/mol. The lowest BCUT2D eigenvalue weighted by molar-refractivity contribution is 0.130. The minimum absolute atomic E-state index is 0.0359. The largest absolute Gasteiger partial charge is 0.393 e. The van der Waals surface area contributed by atoms with Crippen molar-refractivity contribution in [2.45, 2.75) is 38.2 Å². The van der Waals surface area contributed by atoms with E-state index in [0.717, 1.165) is 12.8 Å². The predicted octanol–water partition coefficient (Wildman–Crippen LogP) is 1.58. The molecule has 1 aliphatic carbocycles. The summed E-state index contributed by atoms with van der Waals surface area (Å²) < 4.78 is 4.66. The van der Waals surface area contributed by atoms with E-state index in [4.69, 9.17) is 18.0 Å². The fraction of sp³-hybridized carbons (Fsp3) is 0.667. The minimum atomic E-state index is 0.0359. The van der Waals surface area contributed by atoms with Gasteiger partial charge in [-0.05, 0) is 12.8 Å². The van der Waals surface area contributed by atoms with Crippen LogP contribution in [0.1, 0.15) is 32.1 Å². The summed E-state index contributed by atoms with van der Waals surface area (Å²) in [6, 6.07) is 0. The zero-order chi connectivity index (χ0) is 10.6. The smallest absolute Gasteiger partial charge is 0.108 e. The second-order valence-electron chi connectivity index (χ2n) is 3.19. The van der Waals surface area contributed by atoms with E-state index in [2.05, 4.69) is 16.6 Å². The number of rotatable bonds is 2. The van der Waals surface area contributed by atoms with Crippen LogP contribution < -0.4 is 0 Å². The fourth-order valence-corrected chi connectivity index (χ4v) is 1.25. The monoisotopic (exact) mass is 194 g/mol. The Balaban J connectivity index is 0.000000241. The summed E-state index contributed by atoms with van der Waals surface area (Å²) in [7, 11) is 0. The average Bonchev–Trinajstić information content (AvgIpc) is 2.21. The van der Waals surface area contributed by atoms with Crippen molar-refractivity contribution in [2.75, 3.05) is 13.2 Å². The van der Waals surface area contributed by atoms with Gasteiger partial charge in [-0.3, -0.25) is 0 Å². The van der Waals surface area contributed by atoms with E-state index < -0.39 is 0 Å². The lowest BCUT2D eigenvalue weighted by Crippen LogP contribution is -2.09. The average molecular weight is 194 g/mol. The Morgan fingerprint density at radius 2 is 1.57 bits per heavy atom. The standard InChI is InChI=1S/C6H12O.C6H6O/c7-6-4-2-1-3-5-6;1-3-5-7-6-4-2/h6-7H,1-5H2;1-2H,5-6H2. The molecule has 0 bridgehead atoms. The Hall–Kier alpha value is -0.960. The Morgan fingerprint density at radius 1 is 1.07 bits per heavy atom. The summed E-state index contributed by atoms with van der Waals surface area (Å²) in [6.45, 7) is 0.619. The lowest BCUT2D eigenvalue weighted by Gasteiger charge is -2.14. The van der Waals surface area contributed by atoms with Crippen LogP contribution in [-0.2, 0) is 4.74 Å². The number of hydrogen-bond acceptors (Lipinski definition) is 2. The van der Waals surface area contributed by atoms with Gasteiger partial charge in [-0.2, -0.15) is 0 Å². The number of ether oxygens (including phenoxy) is 1. The Bertz CT molecular complexity index is 177. The van der Waals surface area contributed by atoms with Crippen LogP contribution in [0.2, 0.25) is 0 Å². The highest BCUT2D eigenvalue weighted by Gasteiger charge is 2.07. The van der Waals surface area contributed by atoms with Crippen LogP contribution in [0.5, 0.6) is 0 Å². The van der Waals surface area contributed by atoms with Crippen molar-refractivity contribution in [3.63, 3.8) is 0 Å². The number of terminal acetylenes is 2. The van der Waals surface area contributed by atoms with E-state index >= 15 is 0 Å². The number of aliphatic hydroxyl groups excluding tert-OH is 1. The Kier molecular flexibility index (Phi) is 9.43. The molecule has 78 valence electrons. The van der Waals surface area contributed by atoms with Crippen molar-refractivity contribution in [3.8, 4) is 24.7 Å². The molecule has 1 N–H and O–H groups in total.